The smallest absolute Gasteiger partial charge is 0.255 e. The first-order valence-electron chi connectivity index (χ1n) is 9.00. The van der Waals surface area contributed by atoms with Gasteiger partial charge in [-0.1, -0.05) is 25.0 Å². The van der Waals surface area contributed by atoms with Gasteiger partial charge in [0, 0.05) is 17.7 Å². The predicted molar refractivity (Wildman–Crippen MR) is 103 cm³/mol. The Morgan fingerprint density at radius 1 is 1.00 bits per heavy atom. The van der Waals surface area contributed by atoms with Gasteiger partial charge in [-0.15, -0.1) is 0 Å². The highest BCUT2D eigenvalue weighted by Crippen LogP contribution is 2.28. The molecule has 1 aliphatic rings. The fourth-order valence-corrected chi connectivity index (χ4v) is 3.34. The molecule has 0 unspecified atom stereocenters. The Kier molecular flexibility index (Phi) is 5.89. The summed E-state index contributed by atoms with van der Waals surface area (Å²) in [4.78, 5) is 24.5. The summed E-state index contributed by atoms with van der Waals surface area (Å²) in [5.41, 5.74) is 1.85. The molecule has 1 aliphatic carbocycles. The largest absolute Gasteiger partial charge is 0.495 e. The van der Waals surface area contributed by atoms with Crippen LogP contribution in [0.5, 0.6) is 5.75 Å². The molecule has 2 amide bonds. The van der Waals surface area contributed by atoms with E-state index in [4.69, 9.17) is 4.74 Å². The van der Waals surface area contributed by atoms with Crippen molar-refractivity contribution in [1.82, 2.24) is 0 Å². The van der Waals surface area contributed by atoms with E-state index in [1.165, 1.54) is 12.8 Å². The molecule has 0 radical (unpaired) electrons. The van der Waals surface area contributed by atoms with Gasteiger partial charge in [0.2, 0.25) is 5.91 Å². The third kappa shape index (κ3) is 4.63. The Balaban J connectivity index is 1.58. The van der Waals surface area contributed by atoms with Gasteiger partial charge in [0.15, 0.2) is 0 Å². The number of nitrogens with one attached hydrogen (secondary N) is 2. The molecule has 2 N–H and O–H groups in total. The van der Waals surface area contributed by atoms with Crippen LogP contribution in [0.1, 0.15) is 42.5 Å². The second-order valence-corrected chi connectivity index (χ2v) is 6.63. The van der Waals surface area contributed by atoms with Crippen LogP contribution < -0.4 is 15.4 Å². The maximum atomic E-state index is 12.4. The van der Waals surface area contributed by atoms with Crippen LogP contribution in [0.15, 0.2) is 48.5 Å². The molecule has 5 nitrogen and oxygen atoms in total. The molecule has 0 aliphatic heterocycles. The van der Waals surface area contributed by atoms with Crippen LogP contribution in [0.4, 0.5) is 11.4 Å². The highest BCUT2D eigenvalue weighted by atomic mass is 16.5. The van der Waals surface area contributed by atoms with Crippen LogP contribution >= 0.6 is 0 Å². The van der Waals surface area contributed by atoms with E-state index in [1.807, 2.05) is 12.1 Å². The molecule has 0 spiro atoms. The summed E-state index contributed by atoms with van der Waals surface area (Å²) in [7, 11) is 1.56. The molecule has 0 atom stereocenters. The molecule has 3 rings (SSSR count). The first-order chi connectivity index (χ1) is 12.7. The van der Waals surface area contributed by atoms with Crippen molar-refractivity contribution in [1.29, 1.82) is 0 Å². The number of carbonyl (C=O) groups excluding carboxylic acids is 2. The molecule has 0 heterocycles. The van der Waals surface area contributed by atoms with E-state index >= 15 is 0 Å². The number of hydrogen-bond donors (Lipinski definition) is 2. The number of rotatable bonds is 6. The maximum absolute atomic E-state index is 12.4. The number of para-hydroxylation sites is 2. The van der Waals surface area contributed by atoms with Crippen LogP contribution in [-0.4, -0.2) is 18.9 Å². The molecule has 0 aromatic heterocycles. The summed E-state index contributed by atoms with van der Waals surface area (Å²) in [6, 6.07) is 14.2. The number of ether oxygens (including phenoxy) is 1. The molecule has 136 valence electrons. The quantitative estimate of drug-likeness (QED) is 0.806. The summed E-state index contributed by atoms with van der Waals surface area (Å²) in [5, 5.41) is 5.75. The summed E-state index contributed by atoms with van der Waals surface area (Å²) in [6.07, 6.45) is 5.34. The lowest BCUT2D eigenvalue weighted by Crippen LogP contribution is -2.16. The normalized spacial score (nSPS) is 14.0. The number of anilines is 2. The van der Waals surface area contributed by atoms with E-state index < -0.39 is 0 Å². The second kappa shape index (κ2) is 8.52. The highest BCUT2D eigenvalue weighted by Gasteiger charge is 2.18. The maximum Gasteiger partial charge on any atom is 0.255 e. The van der Waals surface area contributed by atoms with E-state index in [1.54, 1.807) is 43.5 Å². The molecular weight excluding hydrogens is 328 g/mol. The lowest BCUT2D eigenvalue weighted by molar-refractivity contribution is -0.117. The van der Waals surface area contributed by atoms with Crippen LogP contribution in [0, 0.1) is 5.92 Å². The Morgan fingerprint density at radius 2 is 1.69 bits per heavy atom. The van der Waals surface area contributed by atoms with E-state index in [0.29, 0.717) is 35.0 Å². The van der Waals surface area contributed by atoms with Gasteiger partial charge in [0.1, 0.15) is 5.75 Å². The first kappa shape index (κ1) is 18.0. The minimum atomic E-state index is -0.224. The predicted octanol–water partition coefficient (Wildman–Crippen LogP) is 4.47. The number of benzene rings is 2. The van der Waals surface area contributed by atoms with Crippen molar-refractivity contribution in [3.63, 3.8) is 0 Å². The average Bonchev–Trinajstić information content (AvgIpc) is 3.15. The average molecular weight is 352 g/mol. The van der Waals surface area contributed by atoms with Crippen molar-refractivity contribution in [2.24, 2.45) is 5.92 Å². The summed E-state index contributed by atoms with van der Waals surface area (Å²) in [5.74, 6) is 0.944. The molecule has 0 bridgehead atoms. The summed E-state index contributed by atoms with van der Waals surface area (Å²) in [6.45, 7) is 0. The van der Waals surface area contributed by atoms with Gasteiger partial charge in [0.25, 0.3) is 5.91 Å². The van der Waals surface area contributed by atoms with E-state index in [0.717, 1.165) is 12.8 Å². The Morgan fingerprint density at radius 3 is 2.38 bits per heavy atom. The zero-order chi connectivity index (χ0) is 18.4. The third-order valence-corrected chi connectivity index (χ3v) is 4.73. The van der Waals surface area contributed by atoms with Gasteiger partial charge in [-0.25, -0.2) is 0 Å². The SMILES string of the molecule is COc1ccccc1NC(=O)c1ccc(NC(=O)CC2CCCC2)cc1. The molecule has 0 saturated heterocycles. The summed E-state index contributed by atoms with van der Waals surface area (Å²) < 4.78 is 5.24. The molecule has 26 heavy (non-hydrogen) atoms. The number of amides is 2. The third-order valence-electron chi connectivity index (χ3n) is 4.73. The number of methoxy groups -OCH3 is 1. The van der Waals surface area contributed by atoms with E-state index in [-0.39, 0.29) is 11.8 Å². The summed E-state index contributed by atoms with van der Waals surface area (Å²) >= 11 is 0. The molecule has 5 heteroatoms. The number of hydrogen-bond acceptors (Lipinski definition) is 3. The zero-order valence-corrected chi connectivity index (χ0v) is 15.0. The fraction of sp³-hybridized carbons (Fsp3) is 0.333. The minimum absolute atomic E-state index is 0.0446. The van der Waals surface area contributed by atoms with Gasteiger partial charge < -0.3 is 15.4 Å². The fourth-order valence-electron chi connectivity index (χ4n) is 3.34. The van der Waals surface area contributed by atoms with Crippen molar-refractivity contribution in [2.45, 2.75) is 32.1 Å². The second-order valence-electron chi connectivity index (χ2n) is 6.63. The van der Waals surface area contributed by atoms with Crippen LogP contribution in [0.3, 0.4) is 0 Å². The van der Waals surface area contributed by atoms with Gasteiger partial charge in [-0.3, -0.25) is 9.59 Å². The molecule has 1 saturated carbocycles. The van der Waals surface area contributed by atoms with Gasteiger partial charge in [-0.2, -0.15) is 0 Å². The van der Waals surface area contributed by atoms with Crippen LogP contribution in [0.25, 0.3) is 0 Å². The van der Waals surface area contributed by atoms with E-state index in [9.17, 15) is 9.59 Å². The van der Waals surface area contributed by atoms with Gasteiger partial charge in [0.05, 0.1) is 12.8 Å². The highest BCUT2D eigenvalue weighted by molar-refractivity contribution is 6.05. The molecule has 1 fully saturated rings. The van der Waals surface area contributed by atoms with Crippen LogP contribution in [-0.2, 0) is 4.79 Å². The Hall–Kier alpha value is -2.82. The van der Waals surface area contributed by atoms with Crippen molar-refractivity contribution < 1.29 is 14.3 Å². The Bertz CT molecular complexity index is 765. The van der Waals surface area contributed by atoms with E-state index in [2.05, 4.69) is 10.6 Å². The minimum Gasteiger partial charge on any atom is -0.495 e. The van der Waals surface area contributed by atoms with Gasteiger partial charge in [-0.05, 0) is 55.2 Å². The zero-order valence-electron chi connectivity index (χ0n) is 15.0. The molecular formula is C21H24N2O3. The topological polar surface area (TPSA) is 67.4 Å². The number of carbonyl (C=O) groups is 2. The van der Waals surface area contributed by atoms with Gasteiger partial charge >= 0.3 is 0 Å². The first-order valence-corrected chi connectivity index (χ1v) is 9.00. The van der Waals surface area contributed by atoms with Crippen molar-refractivity contribution in [2.75, 3.05) is 17.7 Å². The molecule has 2 aromatic rings. The van der Waals surface area contributed by atoms with Crippen molar-refractivity contribution >= 4 is 23.2 Å². The Labute approximate surface area is 153 Å². The monoisotopic (exact) mass is 352 g/mol. The van der Waals surface area contributed by atoms with Crippen molar-refractivity contribution in [3.8, 4) is 5.75 Å². The van der Waals surface area contributed by atoms with Crippen molar-refractivity contribution in [3.05, 3.63) is 54.1 Å². The molecule has 2 aromatic carbocycles. The lowest BCUT2D eigenvalue weighted by atomic mass is 10.0. The lowest BCUT2D eigenvalue weighted by Gasteiger charge is -2.11. The van der Waals surface area contributed by atoms with Crippen LogP contribution in [0.2, 0.25) is 0 Å². The standard InChI is InChI=1S/C21H24N2O3/c1-26-19-9-5-4-8-18(19)23-21(25)16-10-12-17(13-11-16)22-20(24)14-15-6-2-3-7-15/h4-5,8-13,15H,2-3,6-7,14H2,1H3,(H,22,24)(H,23,25).